The average Bonchev–Trinajstić information content (AvgIpc) is 3.22. The van der Waals surface area contributed by atoms with Gasteiger partial charge in [0.15, 0.2) is 5.78 Å². The number of carbonyl (C=O) groups excluding carboxylic acids is 2. The number of para-hydroxylation sites is 2. The van der Waals surface area contributed by atoms with Crippen LogP contribution >= 0.6 is 0 Å². The van der Waals surface area contributed by atoms with Gasteiger partial charge in [0, 0.05) is 42.3 Å². The summed E-state index contributed by atoms with van der Waals surface area (Å²) in [6, 6.07) is 16.3. The molecule has 178 valence electrons. The molecule has 1 atom stereocenters. The van der Waals surface area contributed by atoms with E-state index in [0.717, 1.165) is 11.4 Å². The molecule has 0 saturated carbocycles. The number of nitro groups is 1. The fraction of sp³-hybridized carbons (Fsp3) is 0.259. The minimum Gasteiger partial charge on any atom is -0.459 e. The number of amides is 1. The van der Waals surface area contributed by atoms with Gasteiger partial charge >= 0.3 is 0 Å². The Morgan fingerprint density at radius 2 is 1.80 bits per heavy atom. The van der Waals surface area contributed by atoms with Crippen molar-refractivity contribution in [3.05, 3.63) is 87.8 Å². The standard InChI is InChI=1S/C27H25N3O5/c1-16(31)29-21-7-5-4-6-19(21)28-20-14-27(2,3)15-22(32)25(20)26(29)24-13-12-23(35-24)17-8-10-18(11-9-17)30(33)34/h4-13,26,28H,14-15H2,1-3H3/t26-/m1/s1. The number of ketones is 1. The molecule has 1 aromatic heterocycles. The smallest absolute Gasteiger partial charge is 0.269 e. The van der Waals surface area contributed by atoms with E-state index in [1.807, 2.05) is 24.3 Å². The van der Waals surface area contributed by atoms with Crippen molar-refractivity contribution >= 4 is 28.8 Å². The van der Waals surface area contributed by atoms with E-state index in [0.29, 0.717) is 41.2 Å². The lowest BCUT2D eigenvalue weighted by Gasteiger charge is -2.35. The quantitative estimate of drug-likeness (QED) is 0.370. The first-order valence-electron chi connectivity index (χ1n) is 11.4. The molecule has 0 radical (unpaired) electrons. The number of nitro benzene ring substituents is 1. The van der Waals surface area contributed by atoms with E-state index >= 15 is 0 Å². The number of nitrogens with one attached hydrogen (secondary N) is 1. The van der Waals surface area contributed by atoms with E-state index in [-0.39, 0.29) is 22.8 Å². The van der Waals surface area contributed by atoms with Crippen molar-refractivity contribution in [1.29, 1.82) is 0 Å². The van der Waals surface area contributed by atoms with Crippen LogP contribution in [0.4, 0.5) is 17.1 Å². The summed E-state index contributed by atoms with van der Waals surface area (Å²) in [5.41, 5.74) is 3.17. The first-order chi connectivity index (χ1) is 16.6. The summed E-state index contributed by atoms with van der Waals surface area (Å²) >= 11 is 0. The second kappa shape index (κ2) is 8.23. The van der Waals surface area contributed by atoms with Gasteiger partial charge in [-0.15, -0.1) is 0 Å². The van der Waals surface area contributed by atoms with Crippen molar-refractivity contribution in [3.63, 3.8) is 0 Å². The summed E-state index contributed by atoms with van der Waals surface area (Å²) < 4.78 is 6.23. The van der Waals surface area contributed by atoms with Gasteiger partial charge in [0.05, 0.1) is 16.3 Å². The lowest BCUT2D eigenvalue weighted by atomic mass is 9.74. The molecule has 2 aromatic carbocycles. The van der Waals surface area contributed by atoms with Gasteiger partial charge in [0.25, 0.3) is 5.69 Å². The number of nitrogens with zero attached hydrogens (tertiary/aromatic N) is 2. The molecule has 1 aliphatic carbocycles. The third-order valence-electron chi connectivity index (χ3n) is 6.50. The summed E-state index contributed by atoms with van der Waals surface area (Å²) in [5, 5.41) is 14.5. The van der Waals surface area contributed by atoms with Gasteiger partial charge in [-0.05, 0) is 48.2 Å². The van der Waals surface area contributed by atoms with E-state index in [1.54, 1.807) is 29.2 Å². The van der Waals surface area contributed by atoms with Crippen LogP contribution < -0.4 is 10.2 Å². The maximum Gasteiger partial charge on any atom is 0.269 e. The van der Waals surface area contributed by atoms with E-state index in [4.69, 9.17) is 4.42 Å². The number of anilines is 2. The first-order valence-corrected chi connectivity index (χ1v) is 11.4. The highest BCUT2D eigenvalue weighted by Crippen LogP contribution is 2.48. The fourth-order valence-corrected chi connectivity index (χ4v) is 5.01. The summed E-state index contributed by atoms with van der Waals surface area (Å²) in [4.78, 5) is 38.7. The van der Waals surface area contributed by atoms with Crippen LogP contribution in [0.5, 0.6) is 0 Å². The van der Waals surface area contributed by atoms with Gasteiger partial charge in [-0.3, -0.25) is 24.6 Å². The first kappa shape index (κ1) is 22.6. The van der Waals surface area contributed by atoms with E-state index in [1.165, 1.54) is 19.1 Å². The largest absolute Gasteiger partial charge is 0.459 e. The molecule has 1 aliphatic heterocycles. The van der Waals surface area contributed by atoms with Gasteiger partial charge in [-0.2, -0.15) is 0 Å². The van der Waals surface area contributed by atoms with Crippen molar-refractivity contribution in [2.45, 2.75) is 39.7 Å². The Kier molecular flexibility index (Phi) is 5.31. The Morgan fingerprint density at radius 1 is 1.09 bits per heavy atom. The van der Waals surface area contributed by atoms with Crippen LogP contribution in [0, 0.1) is 15.5 Å². The van der Waals surface area contributed by atoms with Crippen molar-refractivity contribution < 1.29 is 18.9 Å². The molecule has 0 unspecified atom stereocenters. The van der Waals surface area contributed by atoms with Crippen molar-refractivity contribution in [3.8, 4) is 11.3 Å². The lowest BCUT2D eigenvalue weighted by Crippen LogP contribution is -2.38. The van der Waals surface area contributed by atoms with Crippen LogP contribution in [0.1, 0.15) is 45.4 Å². The van der Waals surface area contributed by atoms with Crippen molar-refractivity contribution in [2.24, 2.45) is 5.41 Å². The Balaban J connectivity index is 1.67. The maximum absolute atomic E-state index is 13.5. The monoisotopic (exact) mass is 471 g/mol. The van der Waals surface area contributed by atoms with Gasteiger partial charge in [-0.1, -0.05) is 26.0 Å². The van der Waals surface area contributed by atoms with Crippen molar-refractivity contribution in [2.75, 3.05) is 10.2 Å². The van der Waals surface area contributed by atoms with Crippen LogP contribution in [0.25, 0.3) is 11.3 Å². The second-order valence-electron chi connectivity index (χ2n) is 9.77. The molecule has 0 spiro atoms. The molecular formula is C27H25N3O5. The summed E-state index contributed by atoms with van der Waals surface area (Å²) in [6.45, 7) is 5.60. The normalized spacial score (nSPS) is 18.9. The number of Topliss-reactive ketones (excluding diaryl/α,β-unsaturated/α-hetero) is 1. The minimum atomic E-state index is -0.742. The summed E-state index contributed by atoms with van der Waals surface area (Å²) in [5.74, 6) is 0.701. The number of non-ortho nitro benzene ring substituents is 1. The third-order valence-corrected chi connectivity index (χ3v) is 6.50. The zero-order chi connectivity index (χ0) is 24.9. The summed E-state index contributed by atoms with van der Waals surface area (Å²) in [6.07, 6.45) is 1.02. The number of carbonyl (C=O) groups is 2. The van der Waals surface area contributed by atoms with Gasteiger partial charge in [0.1, 0.15) is 17.6 Å². The minimum absolute atomic E-state index is 0.0139. The highest BCUT2D eigenvalue weighted by molar-refractivity contribution is 6.05. The number of allylic oxidation sites excluding steroid dienone is 1. The van der Waals surface area contributed by atoms with Crippen molar-refractivity contribution in [1.82, 2.24) is 0 Å². The van der Waals surface area contributed by atoms with Crippen LogP contribution in [0.2, 0.25) is 0 Å². The molecule has 8 nitrogen and oxygen atoms in total. The van der Waals surface area contributed by atoms with Crippen LogP contribution in [0.3, 0.4) is 0 Å². The van der Waals surface area contributed by atoms with Crippen LogP contribution in [-0.4, -0.2) is 16.6 Å². The molecular weight excluding hydrogens is 446 g/mol. The molecule has 3 aromatic rings. The van der Waals surface area contributed by atoms with E-state index in [2.05, 4.69) is 19.2 Å². The van der Waals surface area contributed by atoms with E-state index < -0.39 is 11.0 Å². The Morgan fingerprint density at radius 3 is 2.49 bits per heavy atom. The molecule has 5 rings (SSSR count). The second-order valence-corrected chi connectivity index (χ2v) is 9.77. The highest BCUT2D eigenvalue weighted by atomic mass is 16.6. The number of furan rings is 1. The van der Waals surface area contributed by atoms with Gasteiger partial charge in [0.2, 0.25) is 5.91 Å². The topological polar surface area (TPSA) is 106 Å². The molecule has 2 heterocycles. The number of hydrogen-bond donors (Lipinski definition) is 1. The van der Waals surface area contributed by atoms with Crippen LogP contribution in [0.15, 0.2) is 76.4 Å². The molecule has 1 N–H and O–H groups in total. The number of rotatable bonds is 3. The number of hydrogen-bond acceptors (Lipinski definition) is 6. The lowest BCUT2D eigenvalue weighted by molar-refractivity contribution is -0.384. The van der Waals surface area contributed by atoms with Gasteiger partial charge < -0.3 is 9.73 Å². The Labute approximate surface area is 202 Å². The Bertz CT molecular complexity index is 1380. The third kappa shape index (κ3) is 4.01. The van der Waals surface area contributed by atoms with Crippen LogP contribution in [-0.2, 0) is 9.59 Å². The molecule has 2 aliphatic rings. The summed E-state index contributed by atoms with van der Waals surface area (Å²) in [7, 11) is 0. The fourth-order valence-electron chi connectivity index (χ4n) is 5.01. The SMILES string of the molecule is CC(=O)N1c2ccccc2NC2=C(C(=O)CC(C)(C)C2)[C@H]1c1ccc(-c2ccc([N+](=O)[O-])cc2)o1. The molecule has 35 heavy (non-hydrogen) atoms. The Hall–Kier alpha value is -4.20. The molecule has 1 amide bonds. The molecule has 0 saturated heterocycles. The predicted octanol–water partition coefficient (Wildman–Crippen LogP) is 6.02. The highest BCUT2D eigenvalue weighted by Gasteiger charge is 2.43. The zero-order valence-corrected chi connectivity index (χ0v) is 19.7. The number of benzene rings is 2. The average molecular weight is 472 g/mol. The molecule has 0 bridgehead atoms. The zero-order valence-electron chi connectivity index (χ0n) is 19.7. The van der Waals surface area contributed by atoms with E-state index in [9.17, 15) is 19.7 Å². The number of fused-ring (bicyclic) bond motifs is 1. The maximum atomic E-state index is 13.5. The predicted molar refractivity (Wildman–Crippen MR) is 132 cm³/mol. The molecule has 8 heteroatoms. The van der Waals surface area contributed by atoms with Gasteiger partial charge in [-0.25, -0.2) is 0 Å². The molecule has 0 fully saturated rings.